The van der Waals surface area contributed by atoms with Gasteiger partial charge in [-0.15, -0.1) is 0 Å². The predicted molar refractivity (Wildman–Crippen MR) is 62.0 cm³/mol. The molecule has 1 N–H and O–H groups in total. The van der Waals surface area contributed by atoms with E-state index in [1.54, 1.807) is 6.20 Å². The molecule has 1 aliphatic rings. The van der Waals surface area contributed by atoms with E-state index in [0.29, 0.717) is 5.15 Å². The molecular formula is C12H9ClN2. The van der Waals surface area contributed by atoms with Crippen LogP contribution in [0.4, 0.5) is 5.69 Å². The van der Waals surface area contributed by atoms with E-state index >= 15 is 0 Å². The monoisotopic (exact) mass is 216 g/mol. The standard InChI is InChI=1S/C12H9ClN2/c13-12-11-10(5-6-14-12)9-4-2-1-3-8(9)7-15-11/h1-6,15H,7H2. The van der Waals surface area contributed by atoms with Crippen molar-refractivity contribution in [1.82, 2.24) is 4.98 Å². The molecule has 0 aliphatic carbocycles. The average molecular weight is 217 g/mol. The number of hydrogen-bond donors (Lipinski definition) is 1. The van der Waals surface area contributed by atoms with Crippen LogP contribution in [0.15, 0.2) is 36.5 Å². The first-order chi connectivity index (χ1) is 7.36. The van der Waals surface area contributed by atoms with Gasteiger partial charge in [-0.2, -0.15) is 0 Å². The number of halogens is 1. The van der Waals surface area contributed by atoms with Gasteiger partial charge < -0.3 is 5.32 Å². The number of nitrogens with one attached hydrogen (secondary N) is 1. The van der Waals surface area contributed by atoms with E-state index in [4.69, 9.17) is 11.6 Å². The molecule has 0 spiro atoms. The minimum atomic E-state index is 0.544. The molecule has 0 amide bonds. The van der Waals surface area contributed by atoms with Crippen LogP contribution in [0, 0.1) is 0 Å². The van der Waals surface area contributed by atoms with Crippen molar-refractivity contribution in [2.24, 2.45) is 0 Å². The van der Waals surface area contributed by atoms with Crippen molar-refractivity contribution in [3.05, 3.63) is 47.2 Å². The van der Waals surface area contributed by atoms with Crippen molar-refractivity contribution in [3.63, 3.8) is 0 Å². The van der Waals surface area contributed by atoms with E-state index in [0.717, 1.165) is 17.8 Å². The Morgan fingerprint density at radius 1 is 1.13 bits per heavy atom. The molecule has 0 saturated carbocycles. The largest absolute Gasteiger partial charge is 0.378 e. The highest BCUT2D eigenvalue weighted by atomic mass is 35.5. The summed E-state index contributed by atoms with van der Waals surface area (Å²) in [6.07, 6.45) is 1.74. The molecule has 2 heterocycles. The zero-order valence-electron chi connectivity index (χ0n) is 8.00. The first kappa shape index (κ1) is 8.74. The van der Waals surface area contributed by atoms with E-state index in [1.165, 1.54) is 11.1 Å². The third-order valence-electron chi connectivity index (χ3n) is 2.67. The fourth-order valence-corrected chi connectivity index (χ4v) is 2.17. The summed E-state index contributed by atoms with van der Waals surface area (Å²) in [5, 5.41) is 3.84. The summed E-state index contributed by atoms with van der Waals surface area (Å²) in [5.41, 5.74) is 4.62. The molecule has 0 atom stereocenters. The van der Waals surface area contributed by atoms with Crippen LogP contribution in [0.3, 0.4) is 0 Å². The van der Waals surface area contributed by atoms with Crippen LogP contribution in [0.1, 0.15) is 5.56 Å². The maximum Gasteiger partial charge on any atom is 0.152 e. The lowest BCUT2D eigenvalue weighted by atomic mass is 9.96. The Morgan fingerprint density at radius 3 is 2.93 bits per heavy atom. The van der Waals surface area contributed by atoms with Gasteiger partial charge in [-0.3, -0.25) is 0 Å². The van der Waals surface area contributed by atoms with E-state index in [1.807, 2.05) is 18.2 Å². The normalized spacial score (nSPS) is 12.6. The van der Waals surface area contributed by atoms with E-state index < -0.39 is 0 Å². The Hall–Kier alpha value is -1.54. The van der Waals surface area contributed by atoms with E-state index in [-0.39, 0.29) is 0 Å². The molecule has 3 rings (SSSR count). The molecule has 2 nitrogen and oxygen atoms in total. The number of benzene rings is 1. The summed E-state index contributed by atoms with van der Waals surface area (Å²) in [6, 6.07) is 10.3. The molecular weight excluding hydrogens is 208 g/mol. The molecule has 0 bridgehead atoms. The molecule has 1 aliphatic heterocycles. The van der Waals surface area contributed by atoms with Crippen molar-refractivity contribution in [2.45, 2.75) is 6.54 Å². The zero-order valence-corrected chi connectivity index (χ0v) is 8.75. The maximum atomic E-state index is 6.04. The third-order valence-corrected chi connectivity index (χ3v) is 2.95. The Labute approximate surface area is 92.9 Å². The molecule has 0 radical (unpaired) electrons. The molecule has 0 saturated heterocycles. The van der Waals surface area contributed by atoms with E-state index in [2.05, 4.69) is 22.4 Å². The number of fused-ring (bicyclic) bond motifs is 3. The number of anilines is 1. The summed E-state index contributed by atoms with van der Waals surface area (Å²) in [5.74, 6) is 0. The summed E-state index contributed by atoms with van der Waals surface area (Å²) in [7, 11) is 0. The Bertz CT molecular complexity index is 523. The first-order valence-corrected chi connectivity index (χ1v) is 5.21. The Morgan fingerprint density at radius 2 is 2.00 bits per heavy atom. The minimum Gasteiger partial charge on any atom is -0.378 e. The fraction of sp³-hybridized carbons (Fsp3) is 0.0833. The van der Waals surface area contributed by atoms with Gasteiger partial charge in [0.2, 0.25) is 0 Å². The van der Waals surface area contributed by atoms with Crippen LogP contribution in [0.5, 0.6) is 0 Å². The van der Waals surface area contributed by atoms with E-state index in [9.17, 15) is 0 Å². The number of rotatable bonds is 0. The zero-order chi connectivity index (χ0) is 10.3. The highest BCUT2D eigenvalue weighted by Crippen LogP contribution is 2.38. The second-order valence-electron chi connectivity index (χ2n) is 3.54. The molecule has 3 heteroatoms. The predicted octanol–water partition coefficient (Wildman–Crippen LogP) is 3.33. The van der Waals surface area contributed by atoms with Gasteiger partial charge in [0.1, 0.15) is 0 Å². The van der Waals surface area contributed by atoms with Crippen molar-refractivity contribution >= 4 is 17.3 Å². The Balaban J connectivity index is 2.30. The van der Waals surface area contributed by atoms with Crippen LogP contribution >= 0.6 is 11.6 Å². The lowest BCUT2D eigenvalue weighted by molar-refractivity contribution is 1.11. The molecule has 15 heavy (non-hydrogen) atoms. The van der Waals surface area contributed by atoms with Gasteiger partial charge in [0.15, 0.2) is 5.15 Å². The molecule has 1 aromatic heterocycles. The van der Waals surface area contributed by atoms with Crippen molar-refractivity contribution in [2.75, 3.05) is 5.32 Å². The summed E-state index contributed by atoms with van der Waals surface area (Å²) in [4.78, 5) is 4.07. The van der Waals surface area contributed by atoms with Gasteiger partial charge in [-0.25, -0.2) is 4.98 Å². The van der Waals surface area contributed by atoms with Crippen LogP contribution < -0.4 is 5.32 Å². The summed E-state index contributed by atoms with van der Waals surface area (Å²) >= 11 is 6.04. The quantitative estimate of drug-likeness (QED) is 0.684. The topological polar surface area (TPSA) is 24.9 Å². The number of aromatic nitrogens is 1. The van der Waals surface area contributed by atoms with Gasteiger partial charge in [-0.05, 0) is 17.2 Å². The maximum absolute atomic E-state index is 6.04. The van der Waals surface area contributed by atoms with Crippen molar-refractivity contribution in [1.29, 1.82) is 0 Å². The van der Waals surface area contributed by atoms with Crippen LogP contribution in [0.25, 0.3) is 11.1 Å². The smallest absolute Gasteiger partial charge is 0.152 e. The number of hydrogen-bond acceptors (Lipinski definition) is 2. The minimum absolute atomic E-state index is 0.544. The van der Waals surface area contributed by atoms with Crippen molar-refractivity contribution < 1.29 is 0 Å². The number of pyridine rings is 1. The molecule has 74 valence electrons. The lowest BCUT2D eigenvalue weighted by Gasteiger charge is -2.21. The third kappa shape index (κ3) is 1.29. The van der Waals surface area contributed by atoms with Crippen LogP contribution in [0.2, 0.25) is 5.15 Å². The Kier molecular flexibility index (Phi) is 1.89. The first-order valence-electron chi connectivity index (χ1n) is 4.83. The highest BCUT2D eigenvalue weighted by molar-refractivity contribution is 6.32. The lowest BCUT2D eigenvalue weighted by Crippen LogP contribution is -2.09. The molecule has 2 aromatic rings. The summed E-state index contributed by atoms with van der Waals surface area (Å²) < 4.78 is 0. The van der Waals surface area contributed by atoms with Gasteiger partial charge in [0.25, 0.3) is 0 Å². The second kappa shape index (κ2) is 3.24. The molecule has 0 fully saturated rings. The van der Waals surface area contributed by atoms with Crippen molar-refractivity contribution in [3.8, 4) is 11.1 Å². The second-order valence-corrected chi connectivity index (χ2v) is 3.89. The van der Waals surface area contributed by atoms with Gasteiger partial charge in [0, 0.05) is 18.3 Å². The highest BCUT2D eigenvalue weighted by Gasteiger charge is 2.17. The van der Waals surface area contributed by atoms with Crippen LogP contribution in [-0.4, -0.2) is 4.98 Å². The average Bonchev–Trinajstić information content (AvgIpc) is 2.29. The van der Waals surface area contributed by atoms with Gasteiger partial charge in [-0.1, -0.05) is 35.9 Å². The number of nitrogens with zero attached hydrogens (tertiary/aromatic N) is 1. The van der Waals surface area contributed by atoms with Gasteiger partial charge in [0.05, 0.1) is 5.69 Å². The molecule has 1 aromatic carbocycles. The van der Waals surface area contributed by atoms with Gasteiger partial charge >= 0.3 is 0 Å². The fourth-order valence-electron chi connectivity index (χ4n) is 1.95. The van der Waals surface area contributed by atoms with Crippen LogP contribution in [-0.2, 0) is 6.54 Å². The molecule has 0 unspecified atom stereocenters. The SMILES string of the molecule is Clc1nccc2c1NCc1ccccc1-2. The summed E-state index contributed by atoms with van der Waals surface area (Å²) in [6.45, 7) is 0.814.